The molecule has 0 aliphatic rings. The second-order valence-electron chi connectivity index (χ2n) is 7.30. The highest BCUT2D eigenvalue weighted by Crippen LogP contribution is 2.37. The Bertz CT molecular complexity index is 1180. The number of anilines is 1. The molecule has 1 unspecified atom stereocenters. The Hall–Kier alpha value is -4.04. The SMILES string of the molecule is COc1cc(C(=O)OC(C(=O)Nc2ccc(C)cc2)c2ccccc2)cc(Cl)c1OCC(N)=O. The van der Waals surface area contributed by atoms with Crippen LogP contribution in [0.4, 0.5) is 5.69 Å². The average molecular weight is 483 g/mol. The van der Waals surface area contributed by atoms with Crippen LogP contribution in [0.5, 0.6) is 11.5 Å². The molecule has 3 aromatic rings. The highest BCUT2D eigenvalue weighted by atomic mass is 35.5. The molecule has 0 saturated heterocycles. The number of primary amides is 1. The molecule has 0 bridgehead atoms. The zero-order valence-electron chi connectivity index (χ0n) is 18.5. The number of hydrogen-bond acceptors (Lipinski definition) is 6. The first kappa shape index (κ1) is 24.6. The smallest absolute Gasteiger partial charge is 0.339 e. The first-order valence-electron chi connectivity index (χ1n) is 10.2. The number of methoxy groups -OCH3 is 1. The molecule has 0 aliphatic carbocycles. The summed E-state index contributed by atoms with van der Waals surface area (Å²) in [5, 5.41) is 2.77. The van der Waals surface area contributed by atoms with Crippen molar-refractivity contribution in [2.24, 2.45) is 5.73 Å². The number of ether oxygens (including phenoxy) is 3. The van der Waals surface area contributed by atoms with Crippen LogP contribution < -0.4 is 20.5 Å². The average Bonchev–Trinajstić information content (AvgIpc) is 2.82. The lowest BCUT2D eigenvalue weighted by Crippen LogP contribution is -2.26. The van der Waals surface area contributed by atoms with E-state index in [4.69, 9.17) is 31.5 Å². The van der Waals surface area contributed by atoms with E-state index in [9.17, 15) is 14.4 Å². The Morgan fingerprint density at radius 1 is 1.03 bits per heavy atom. The number of hydrogen-bond donors (Lipinski definition) is 2. The zero-order valence-corrected chi connectivity index (χ0v) is 19.3. The quantitative estimate of drug-likeness (QED) is 0.444. The number of carbonyl (C=O) groups excluding carboxylic acids is 3. The highest BCUT2D eigenvalue weighted by molar-refractivity contribution is 6.32. The maximum atomic E-state index is 13.1. The maximum Gasteiger partial charge on any atom is 0.339 e. The number of esters is 1. The molecule has 3 aromatic carbocycles. The Balaban J connectivity index is 1.86. The van der Waals surface area contributed by atoms with Crippen molar-refractivity contribution in [3.05, 3.63) is 88.4 Å². The summed E-state index contributed by atoms with van der Waals surface area (Å²) >= 11 is 6.23. The van der Waals surface area contributed by atoms with E-state index < -0.39 is 30.5 Å². The van der Waals surface area contributed by atoms with Gasteiger partial charge in [-0.25, -0.2) is 4.79 Å². The van der Waals surface area contributed by atoms with Gasteiger partial charge in [-0.3, -0.25) is 9.59 Å². The van der Waals surface area contributed by atoms with Crippen LogP contribution in [-0.2, 0) is 14.3 Å². The molecule has 1 atom stereocenters. The standard InChI is InChI=1S/C25H23ClN2O6/c1-15-8-10-18(11-9-15)28-24(30)22(16-6-4-3-5-7-16)34-25(31)17-12-19(26)23(20(13-17)32-2)33-14-21(27)29/h3-13,22H,14H2,1-2H3,(H2,27,29)(H,28,30). The van der Waals surface area contributed by atoms with Crippen LogP contribution in [0.3, 0.4) is 0 Å². The summed E-state index contributed by atoms with van der Waals surface area (Å²) in [5.74, 6) is -1.89. The van der Waals surface area contributed by atoms with Crippen molar-refractivity contribution in [1.82, 2.24) is 0 Å². The van der Waals surface area contributed by atoms with Crippen LogP contribution in [0.25, 0.3) is 0 Å². The fourth-order valence-corrected chi connectivity index (χ4v) is 3.31. The highest BCUT2D eigenvalue weighted by Gasteiger charge is 2.27. The lowest BCUT2D eigenvalue weighted by atomic mass is 10.1. The van der Waals surface area contributed by atoms with Gasteiger partial charge in [-0.15, -0.1) is 0 Å². The van der Waals surface area contributed by atoms with Gasteiger partial charge in [0.25, 0.3) is 11.8 Å². The van der Waals surface area contributed by atoms with Crippen LogP contribution in [-0.4, -0.2) is 31.5 Å². The van der Waals surface area contributed by atoms with Crippen LogP contribution in [0.15, 0.2) is 66.7 Å². The fourth-order valence-electron chi connectivity index (χ4n) is 3.04. The molecular weight excluding hydrogens is 460 g/mol. The largest absolute Gasteiger partial charge is 0.493 e. The van der Waals surface area contributed by atoms with Gasteiger partial charge in [0.15, 0.2) is 18.1 Å². The molecular formula is C25H23ClN2O6. The third kappa shape index (κ3) is 6.26. The number of nitrogens with two attached hydrogens (primary N) is 1. The Morgan fingerprint density at radius 3 is 2.32 bits per heavy atom. The van der Waals surface area contributed by atoms with Crippen molar-refractivity contribution >= 4 is 35.1 Å². The number of halogens is 1. The summed E-state index contributed by atoms with van der Waals surface area (Å²) in [4.78, 5) is 37.1. The molecule has 0 spiro atoms. The molecule has 0 heterocycles. The maximum absolute atomic E-state index is 13.1. The van der Waals surface area contributed by atoms with Crippen molar-refractivity contribution in [3.63, 3.8) is 0 Å². The minimum atomic E-state index is -1.23. The molecule has 2 amide bonds. The first-order chi connectivity index (χ1) is 16.3. The molecule has 3 N–H and O–H groups in total. The minimum absolute atomic E-state index is 0.00733. The predicted octanol–water partition coefficient (Wildman–Crippen LogP) is 4.06. The first-order valence-corrected chi connectivity index (χ1v) is 10.6. The normalized spacial score (nSPS) is 11.3. The zero-order chi connectivity index (χ0) is 24.7. The third-order valence-electron chi connectivity index (χ3n) is 4.71. The lowest BCUT2D eigenvalue weighted by Gasteiger charge is -2.19. The van der Waals surface area contributed by atoms with Gasteiger partial charge < -0.3 is 25.3 Å². The molecule has 3 rings (SSSR count). The second kappa shape index (κ2) is 11.2. The van der Waals surface area contributed by atoms with Gasteiger partial charge in [-0.2, -0.15) is 0 Å². The van der Waals surface area contributed by atoms with Crippen LogP contribution in [0.2, 0.25) is 5.02 Å². The topological polar surface area (TPSA) is 117 Å². The Morgan fingerprint density at radius 2 is 1.71 bits per heavy atom. The van der Waals surface area contributed by atoms with E-state index in [0.717, 1.165) is 5.56 Å². The third-order valence-corrected chi connectivity index (χ3v) is 4.99. The van der Waals surface area contributed by atoms with Gasteiger partial charge >= 0.3 is 5.97 Å². The van der Waals surface area contributed by atoms with E-state index in [2.05, 4.69) is 5.32 Å². The van der Waals surface area contributed by atoms with Crippen LogP contribution in [0, 0.1) is 6.92 Å². The lowest BCUT2D eigenvalue weighted by molar-refractivity contribution is -0.125. The number of nitrogens with one attached hydrogen (secondary N) is 1. The number of rotatable bonds is 9. The number of amides is 2. The van der Waals surface area contributed by atoms with E-state index in [1.807, 2.05) is 19.1 Å². The number of aryl methyl sites for hydroxylation is 1. The summed E-state index contributed by atoms with van der Waals surface area (Å²) in [6.07, 6.45) is -1.23. The van der Waals surface area contributed by atoms with E-state index in [-0.39, 0.29) is 22.1 Å². The van der Waals surface area contributed by atoms with Crippen molar-refractivity contribution in [1.29, 1.82) is 0 Å². The van der Waals surface area contributed by atoms with Crippen LogP contribution >= 0.6 is 11.6 Å². The summed E-state index contributed by atoms with van der Waals surface area (Å²) in [6, 6.07) is 18.5. The fraction of sp³-hybridized carbons (Fsp3) is 0.160. The number of carbonyl (C=O) groups is 3. The predicted molar refractivity (Wildman–Crippen MR) is 127 cm³/mol. The minimum Gasteiger partial charge on any atom is -0.493 e. The Labute approximate surface area is 201 Å². The van der Waals surface area contributed by atoms with Gasteiger partial charge in [-0.1, -0.05) is 59.6 Å². The molecule has 8 nitrogen and oxygen atoms in total. The monoisotopic (exact) mass is 482 g/mol. The van der Waals surface area contributed by atoms with Crippen molar-refractivity contribution in [3.8, 4) is 11.5 Å². The molecule has 0 radical (unpaired) electrons. The van der Waals surface area contributed by atoms with E-state index in [0.29, 0.717) is 11.3 Å². The van der Waals surface area contributed by atoms with Crippen molar-refractivity contribution in [2.75, 3.05) is 19.0 Å². The van der Waals surface area contributed by atoms with E-state index in [1.165, 1.54) is 19.2 Å². The molecule has 34 heavy (non-hydrogen) atoms. The molecule has 0 saturated carbocycles. The molecule has 0 aromatic heterocycles. The van der Waals surface area contributed by atoms with Crippen molar-refractivity contribution in [2.45, 2.75) is 13.0 Å². The second-order valence-corrected chi connectivity index (χ2v) is 7.70. The van der Waals surface area contributed by atoms with Gasteiger partial charge in [0, 0.05) is 11.3 Å². The van der Waals surface area contributed by atoms with E-state index >= 15 is 0 Å². The summed E-state index contributed by atoms with van der Waals surface area (Å²) in [5.41, 5.74) is 7.22. The molecule has 0 aliphatic heterocycles. The van der Waals surface area contributed by atoms with Gasteiger partial charge in [0.1, 0.15) is 0 Å². The summed E-state index contributed by atoms with van der Waals surface area (Å²) in [7, 11) is 1.35. The van der Waals surface area contributed by atoms with Crippen molar-refractivity contribution < 1.29 is 28.6 Å². The van der Waals surface area contributed by atoms with E-state index in [1.54, 1.807) is 42.5 Å². The molecule has 9 heteroatoms. The van der Waals surface area contributed by atoms with Gasteiger partial charge in [0.05, 0.1) is 17.7 Å². The molecule has 176 valence electrons. The van der Waals surface area contributed by atoms with Gasteiger partial charge in [0.2, 0.25) is 6.10 Å². The Kier molecular flexibility index (Phi) is 8.10. The summed E-state index contributed by atoms with van der Waals surface area (Å²) in [6.45, 7) is 1.51. The van der Waals surface area contributed by atoms with Gasteiger partial charge in [-0.05, 0) is 31.2 Å². The summed E-state index contributed by atoms with van der Waals surface area (Å²) < 4.78 is 16.1. The number of benzene rings is 3. The molecule has 0 fully saturated rings. The van der Waals surface area contributed by atoms with Crippen LogP contribution in [0.1, 0.15) is 27.6 Å².